The van der Waals surface area contributed by atoms with E-state index in [0.29, 0.717) is 16.6 Å². The van der Waals surface area contributed by atoms with E-state index >= 15 is 0 Å². The van der Waals surface area contributed by atoms with Crippen LogP contribution in [0, 0.1) is 16.9 Å². The van der Waals surface area contributed by atoms with E-state index in [-0.39, 0.29) is 17.4 Å². The van der Waals surface area contributed by atoms with Crippen LogP contribution in [0.4, 0.5) is 5.95 Å². The summed E-state index contributed by atoms with van der Waals surface area (Å²) >= 11 is 0. The van der Waals surface area contributed by atoms with Crippen molar-refractivity contribution in [2.45, 2.75) is 40.4 Å². The molecule has 0 unspecified atom stereocenters. The Labute approximate surface area is 136 Å². The van der Waals surface area contributed by atoms with Gasteiger partial charge in [0.15, 0.2) is 0 Å². The summed E-state index contributed by atoms with van der Waals surface area (Å²) in [6.07, 6.45) is 1.68. The molecule has 0 radical (unpaired) electrons. The van der Waals surface area contributed by atoms with Gasteiger partial charge in [-0.3, -0.25) is 19.9 Å². The molecule has 0 atom stereocenters. The summed E-state index contributed by atoms with van der Waals surface area (Å²) in [4.78, 5) is 34.1. The SMILES string of the molecule is CC(C)(C)C(=O)Nc1nc2[nH]cc(C#C[Si](C)(C)C)c2c(=O)[nH]1. The Morgan fingerprint density at radius 3 is 2.52 bits per heavy atom. The van der Waals surface area contributed by atoms with E-state index in [0.717, 1.165) is 0 Å². The van der Waals surface area contributed by atoms with Gasteiger partial charge in [-0.15, -0.1) is 5.54 Å². The van der Waals surface area contributed by atoms with Crippen LogP contribution in [0.5, 0.6) is 0 Å². The minimum atomic E-state index is -1.54. The van der Waals surface area contributed by atoms with Crippen molar-refractivity contribution < 1.29 is 4.79 Å². The first-order chi connectivity index (χ1) is 10.5. The molecule has 0 bridgehead atoms. The van der Waals surface area contributed by atoms with Gasteiger partial charge in [-0.05, 0) is 0 Å². The highest BCUT2D eigenvalue weighted by atomic mass is 28.3. The second-order valence-electron chi connectivity index (χ2n) is 7.54. The molecule has 0 fully saturated rings. The molecule has 2 heterocycles. The number of H-pyrrole nitrogens is 2. The van der Waals surface area contributed by atoms with Crippen LogP contribution in [-0.2, 0) is 4.79 Å². The van der Waals surface area contributed by atoms with E-state index in [9.17, 15) is 9.59 Å². The maximum Gasteiger partial charge on any atom is 0.263 e. The standard InChI is InChI=1S/C16H22N4O2Si/c1-16(2,3)14(22)20-15-18-12-11(13(21)19-15)10(9-17-12)7-8-23(4,5)6/h9H,1-6H3,(H3,17,18,19,20,21,22). The Kier molecular flexibility index (Phi) is 4.22. The number of nitrogens with one attached hydrogen (secondary N) is 3. The second-order valence-corrected chi connectivity index (χ2v) is 12.3. The van der Waals surface area contributed by atoms with Crippen molar-refractivity contribution in [3.8, 4) is 11.5 Å². The number of aromatic amines is 2. The molecule has 0 aliphatic carbocycles. The number of fused-ring (bicyclic) bond motifs is 1. The van der Waals surface area contributed by atoms with Crippen molar-refractivity contribution in [1.29, 1.82) is 0 Å². The van der Waals surface area contributed by atoms with Crippen molar-refractivity contribution in [3.05, 3.63) is 22.1 Å². The predicted molar refractivity (Wildman–Crippen MR) is 95.0 cm³/mol. The van der Waals surface area contributed by atoms with E-state index in [1.807, 2.05) is 0 Å². The lowest BCUT2D eigenvalue weighted by Crippen LogP contribution is -2.29. The summed E-state index contributed by atoms with van der Waals surface area (Å²) in [7, 11) is -1.54. The molecule has 0 saturated carbocycles. The maximum atomic E-state index is 12.3. The summed E-state index contributed by atoms with van der Waals surface area (Å²) in [6.45, 7) is 11.8. The topological polar surface area (TPSA) is 90.6 Å². The lowest BCUT2D eigenvalue weighted by atomic mass is 9.96. The Morgan fingerprint density at radius 2 is 1.96 bits per heavy atom. The molecule has 23 heavy (non-hydrogen) atoms. The van der Waals surface area contributed by atoms with E-state index in [2.05, 4.69) is 51.4 Å². The normalized spacial score (nSPS) is 11.9. The van der Waals surface area contributed by atoms with E-state index in [4.69, 9.17) is 0 Å². The number of amides is 1. The van der Waals surface area contributed by atoms with Crippen molar-refractivity contribution >= 4 is 31.0 Å². The van der Waals surface area contributed by atoms with Crippen molar-refractivity contribution in [2.24, 2.45) is 5.41 Å². The van der Waals surface area contributed by atoms with Gasteiger partial charge < -0.3 is 4.98 Å². The van der Waals surface area contributed by atoms with Crippen LogP contribution in [0.25, 0.3) is 11.0 Å². The van der Waals surface area contributed by atoms with Gasteiger partial charge in [-0.25, -0.2) is 0 Å². The van der Waals surface area contributed by atoms with Crippen LogP contribution in [-0.4, -0.2) is 28.9 Å². The van der Waals surface area contributed by atoms with Gasteiger partial charge in [0.2, 0.25) is 11.9 Å². The number of nitrogens with zero attached hydrogens (tertiary/aromatic N) is 1. The maximum absolute atomic E-state index is 12.3. The molecule has 0 aliphatic heterocycles. The molecule has 0 aromatic carbocycles. The fourth-order valence-electron chi connectivity index (χ4n) is 1.75. The summed E-state index contributed by atoms with van der Waals surface area (Å²) < 4.78 is 0. The van der Waals surface area contributed by atoms with Gasteiger partial charge in [0.1, 0.15) is 13.7 Å². The van der Waals surface area contributed by atoms with E-state index in [1.165, 1.54) is 0 Å². The minimum absolute atomic E-state index is 0.133. The van der Waals surface area contributed by atoms with Crippen LogP contribution >= 0.6 is 0 Å². The molecule has 2 aromatic rings. The largest absolute Gasteiger partial charge is 0.345 e. The molecule has 2 rings (SSSR count). The molecule has 0 aliphatic rings. The monoisotopic (exact) mass is 330 g/mol. The molecule has 7 heteroatoms. The lowest BCUT2D eigenvalue weighted by molar-refractivity contribution is -0.123. The second kappa shape index (κ2) is 5.70. The summed E-state index contributed by atoms with van der Waals surface area (Å²) in [6, 6.07) is 0. The van der Waals surface area contributed by atoms with Crippen molar-refractivity contribution in [2.75, 3.05) is 5.32 Å². The lowest BCUT2D eigenvalue weighted by Gasteiger charge is -2.16. The fraction of sp³-hybridized carbons (Fsp3) is 0.438. The number of rotatable bonds is 1. The smallest absolute Gasteiger partial charge is 0.263 e. The average molecular weight is 330 g/mol. The van der Waals surface area contributed by atoms with Gasteiger partial charge in [-0.1, -0.05) is 46.3 Å². The number of aromatic nitrogens is 3. The molecule has 0 spiro atoms. The number of hydrogen-bond donors (Lipinski definition) is 3. The zero-order valence-corrected chi connectivity index (χ0v) is 15.3. The zero-order valence-electron chi connectivity index (χ0n) is 14.3. The van der Waals surface area contributed by atoms with Crippen molar-refractivity contribution in [3.63, 3.8) is 0 Å². The van der Waals surface area contributed by atoms with Gasteiger partial charge in [0.05, 0.1) is 10.9 Å². The van der Waals surface area contributed by atoms with E-state index < -0.39 is 13.5 Å². The third-order valence-electron chi connectivity index (χ3n) is 3.03. The molecule has 1 amide bonds. The quantitative estimate of drug-likeness (QED) is 0.554. The molecule has 0 saturated heterocycles. The van der Waals surface area contributed by atoms with Crippen LogP contribution in [0.15, 0.2) is 11.0 Å². The third-order valence-corrected chi connectivity index (χ3v) is 3.90. The van der Waals surface area contributed by atoms with Crippen LogP contribution < -0.4 is 10.9 Å². The first kappa shape index (κ1) is 17.0. The molecule has 2 aromatic heterocycles. The van der Waals surface area contributed by atoms with Gasteiger partial charge >= 0.3 is 0 Å². The highest BCUT2D eigenvalue weighted by Crippen LogP contribution is 2.17. The fourth-order valence-corrected chi connectivity index (χ4v) is 2.26. The molecule has 3 N–H and O–H groups in total. The van der Waals surface area contributed by atoms with Gasteiger partial charge in [-0.2, -0.15) is 4.98 Å². The van der Waals surface area contributed by atoms with Crippen molar-refractivity contribution in [1.82, 2.24) is 15.0 Å². The van der Waals surface area contributed by atoms with Crippen LogP contribution in [0.1, 0.15) is 26.3 Å². The first-order valence-corrected chi connectivity index (χ1v) is 10.9. The third kappa shape index (κ3) is 4.11. The van der Waals surface area contributed by atoms with E-state index in [1.54, 1.807) is 27.0 Å². The Bertz CT molecular complexity index is 870. The Morgan fingerprint density at radius 1 is 1.30 bits per heavy atom. The van der Waals surface area contributed by atoms with Gasteiger partial charge in [0, 0.05) is 11.6 Å². The van der Waals surface area contributed by atoms with Gasteiger partial charge in [0.25, 0.3) is 5.56 Å². The summed E-state index contributed by atoms with van der Waals surface area (Å²) in [5.41, 5.74) is 3.38. The zero-order chi connectivity index (χ0) is 17.4. The number of hydrogen-bond acceptors (Lipinski definition) is 3. The molecule has 6 nitrogen and oxygen atoms in total. The number of carbonyl (C=O) groups is 1. The Balaban J connectivity index is 2.44. The summed E-state index contributed by atoms with van der Waals surface area (Å²) in [5, 5.41) is 3.05. The van der Waals surface area contributed by atoms with Crippen LogP contribution in [0.2, 0.25) is 19.6 Å². The average Bonchev–Trinajstić information content (AvgIpc) is 2.78. The van der Waals surface area contributed by atoms with Crippen LogP contribution in [0.3, 0.4) is 0 Å². The highest BCUT2D eigenvalue weighted by Gasteiger charge is 2.22. The summed E-state index contributed by atoms with van der Waals surface area (Å²) in [5.74, 6) is 2.98. The first-order valence-electron chi connectivity index (χ1n) is 7.43. The highest BCUT2D eigenvalue weighted by molar-refractivity contribution is 6.83. The Hall–Kier alpha value is -2.33. The number of carbonyl (C=O) groups excluding carboxylic acids is 1. The molecule has 122 valence electrons. The molecular formula is C16H22N4O2Si. The number of anilines is 1. The predicted octanol–water partition coefficient (Wildman–Crippen LogP) is 2.46. The molecular weight excluding hydrogens is 308 g/mol. The minimum Gasteiger partial charge on any atom is -0.345 e.